The predicted molar refractivity (Wildman–Crippen MR) is 72.8 cm³/mol. The third kappa shape index (κ3) is 3.53. The second-order valence-corrected chi connectivity index (χ2v) is 6.00. The van der Waals surface area contributed by atoms with Gasteiger partial charge in [-0.15, -0.1) is 0 Å². The van der Waals surface area contributed by atoms with Gasteiger partial charge >= 0.3 is 0 Å². The van der Waals surface area contributed by atoms with E-state index in [9.17, 15) is 17.6 Å². The molecule has 3 N–H and O–H groups in total. The fraction of sp³-hybridized carbons (Fsp3) is 0.417. The highest BCUT2D eigenvalue weighted by Crippen LogP contribution is 2.18. The molecule has 0 unspecified atom stereocenters. The number of nitrogens with two attached hydrogens (primary N) is 1. The molecule has 0 saturated carbocycles. The summed E-state index contributed by atoms with van der Waals surface area (Å²) < 4.78 is 39.1. The van der Waals surface area contributed by atoms with Crippen molar-refractivity contribution in [3.63, 3.8) is 0 Å². The number of nitrogens with zero attached hydrogens (tertiary/aromatic N) is 1. The molecule has 112 valence electrons. The molecule has 0 aromatic heterocycles. The molecular weight excluding hydrogens is 285 g/mol. The van der Waals surface area contributed by atoms with Gasteiger partial charge in [0.25, 0.3) is 0 Å². The summed E-state index contributed by atoms with van der Waals surface area (Å²) >= 11 is 0. The van der Waals surface area contributed by atoms with Gasteiger partial charge in [-0.1, -0.05) is 6.92 Å². The number of nitrogens with one attached hydrogen (secondary N) is 1. The van der Waals surface area contributed by atoms with Gasteiger partial charge in [0.15, 0.2) is 0 Å². The minimum Gasteiger partial charge on any atom is -0.358 e. The molecule has 1 rings (SSSR count). The number of carbonyl (C=O) groups is 1. The van der Waals surface area contributed by atoms with Crippen LogP contribution < -0.4 is 11.1 Å². The molecule has 1 amide bonds. The molecular formula is C12H18FN3O3S. The Kier molecular flexibility index (Phi) is 5.61. The van der Waals surface area contributed by atoms with Crippen LogP contribution in [0.5, 0.6) is 0 Å². The summed E-state index contributed by atoms with van der Waals surface area (Å²) in [5, 5.41) is 2.36. The summed E-state index contributed by atoms with van der Waals surface area (Å²) in [4.78, 5) is 11.3. The number of amides is 1. The molecule has 1 aromatic rings. The molecule has 0 radical (unpaired) electrons. The highest BCUT2D eigenvalue weighted by molar-refractivity contribution is 7.89. The van der Waals surface area contributed by atoms with Crippen LogP contribution in [0, 0.1) is 5.82 Å². The van der Waals surface area contributed by atoms with Crippen LogP contribution in [-0.4, -0.2) is 38.8 Å². The first kappa shape index (κ1) is 16.5. The van der Waals surface area contributed by atoms with Crippen LogP contribution in [0.15, 0.2) is 23.1 Å². The maximum absolute atomic E-state index is 13.4. The van der Waals surface area contributed by atoms with Crippen molar-refractivity contribution in [2.75, 3.05) is 20.1 Å². The van der Waals surface area contributed by atoms with E-state index < -0.39 is 21.7 Å². The van der Waals surface area contributed by atoms with Crippen molar-refractivity contribution in [1.82, 2.24) is 9.62 Å². The lowest BCUT2D eigenvalue weighted by Gasteiger charge is -2.20. The van der Waals surface area contributed by atoms with Crippen molar-refractivity contribution in [3.05, 3.63) is 29.6 Å². The minimum absolute atomic E-state index is 0.0786. The Balaban J connectivity index is 3.17. The minimum atomic E-state index is -3.86. The van der Waals surface area contributed by atoms with Gasteiger partial charge in [0.2, 0.25) is 15.9 Å². The molecule has 0 aliphatic carbocycles. The molecule has 0 bridgehead atoms. The number of hydrogen-bond acceptors (Lipinski definition) is 4. The monoisotopic (exact) mass is 303 g/mol. The average molecular weight is 303 g/mol. The summed E-state index contributed by atoms with van der Waals surface area (Å²) in [5.41, 5.74) is 5.47. The summed E-state index contributed by atoms with van der Waals surface area (Å²) in [5.74, 6) is -0.975. The second-order valence-electron chi connectivity index (χ2n) is 4.06. The third-order valence-electron chi connectivity index (χ3n) is 2.83. The highest BCUT2D eigenvalue weighted by atomic mass is 32.2. The number of rotatable bonds is 6. The van der Waals surface area contributed by atoms with E-state index in [1.165, 1.54) is 13.1 Å². The largest absolute Gasteiger partial charge is 0.358 e. The molecule has 8 heteroatoms. The summed E-state index contributed by atoms with van der Waals surface area (Å²) in [6, 6.07) is 3.41. The van der Waals surface area contributed by atoms with Crippen LogP contribution in [0.1, 0.15) is 12.5 Å². The molecule has 0 atom stereocenters. The molecule has 20 heavy (non-hydrogen) atoms. The van der Waals surface area contributed by atoms with Crippen LogP contribution in [0.2, 0.25) is 0 Å². The fourth-order valence-corrected chi connectivity index (χ4v) is 3.08. The lowest BCUT2D eigenvalue weighted by molar-refractivity contribution is -0.120. The fourth-order valence-electron chi connectivity index (χ4n) is 1.62. The van der Waals surface area contributed by atoms with Crippen LogP contribution in [0.25, 0.3) is 0 Å². The SMILES string of the molecule is CCN(CC(=O)NC)S(=O)(=O)c1ccc(F)c(CN)c1. The van der Waals surface area contributed by atoms with Crippen LogP contribution in [0.4, 0.5) is 4.39 Å². The van der Waals surface area contributed by atoms with Crippen molar-refractivity contribution in [3.8, 4) is 0 Å². The van der Waals surface area contributed by atoms with Crippen LogP contribution in [-0.2, 0) is 21.4 Å². The van der Waals surface area contributed by atoms with Gasteiger partial charge in [-0.2, -0.15) is 4.31 Å². The molecule has 0 fully saturated rings. The van der Waals surface area contributed by atoms with Gasteiger partial charge in [-0.3, -0.25) is 4.79 Å². The Bertz CT molecular complexity index is 590. The third-order valence-corrected chi connectivity index (χ3v) is 4.74. The molecule has 0 aliphatic heterocycles. The molecule has 1 aromatic carbocycles. The van der Waals surface area contributed by atoms with Crippen LogP contribution >= 0.6 is 0 Å². The van der Waals surface area contributed by atoms with E-state index in [0.717, 1.165) is 16.4 Å². The smallest absolute Gasteiger partial charge is 0.243 e. The lowest BCUT2D eigenvalue weighted by Crippen LogP contribution is -2.39. The zero-order chi connectivity index (χ0) is 15.3. The molecule has 0 heterocycles. The standard InChI is InChI=1S/C12H18FN3O3S/c1-3-16(8-12(17)15-2)20(18,19)10-4-5-11(13)9(6-10)7-14/h4-6H,3,7-8,14H2,1-2H3,(H,15,17). The number of hydrogen-bond donors (Lipinski definition) is 2. The zero-order valence-corrected chi connectivity index (χ0v) is 12.2. The Hall–Kier alpha value is -1.51. The summed E-state index contributed by atoms with van der Waals surface area (Å²) in [6.07, 6.45) is 0. The molecule has 0 spiro atoms. The first-order valence-corrected chi connectivity index (χ1v) is 7.50. The lowest BCUT2D eigenvalue weighted by atomic mass is 10.2. The highest BCUT2D eigenvalue weighted by Gasteiger charge is 2.25. The van der Waals surface area contributed by atoms with Gasteiger partial charge in [0.1, 0.15) is 5.82 Å². The van der Waals surface area contributed by atoms with E-state index in [0.29, 0.717) is 0 Å². The Morgan fingerprint density at radius 2 is 2.10 bits per heavy atom. The van der Waals surface area contributed by atoms with Gasteiger partial charge < -0.3 is 11.1 Å². The number of likely N-dealkylation sites (N-methyl/N-ethyl adjacent to an activating group) is 2. The predicted octanol–water partition coefficient (Wildman–Crippen LogP) is 0.0410. The number of benzene rings is 1. The second kappa shape index (κ2) is 6.78. The Morgan fingerprint density at radius 1 is 1.45 bits per heavy atom. The number of halogens is 1. The maximum atomic E-state index is 13.4. The van der Waals surface area contributed by atoms with Crippen molar-refractivity contribution in [2.45, 2.75) is 18.4 Å². The number of carbonyl (C=O) groups excluding carboxylic acids is 1. The topological polar surface area (TPSA) is 92.5 Å². The van der Waals surface area contributed by atoms with Gasteiger partial charge in [0.05, 0.1) is 11.4 Å². The maximum Gasteiger partial charge on any atom is 0.243 e. The summed E-state index contributed by atoms with van der Waals surface area (Å²) in [6.45, 7) is 1.36. The van der Waals surface area contributed by atoms with E-state index in [4.69, 9.17) is 5.73 Å². The van der Waals surface area contributed by atoms with Crippen molar-refractivity contribution in [2.24, 2.45) is 5.73 Å². The quantitative estimate of drug-likeness (QED) is 0.776. The average Bonchev–Trinajstić information content (AvgIpc) is 2.44. The molecule has 6 nitrogen and oxygen atoms in total. The van der Waals surface area contributed by atoms with E-state index >= 15 is 0 Å². The van der Waals surface area contributed by atoms with E-state index in [2.05, 4.69) is 5.32 Å². The van der Waals surface area contributed by atoms with Gasteiger partial charge in [-0.25, -0.2) is 12.8 Å². The van der Waals surface area contributed by atoms with Crippen LogP contribution in [0.3, 0.4) is 0 Å². The Labute approximate surface area is 117 Å². The van der Waals surface area contributed by atoms with E-state index in [1.54, 1.807) is 6.92 Å². The normalized spacial score (nSPS) is 11.7. The van der Waals surface area contributed by atoms with Crippen molar-refractivity contribution < 1.29 is 17.6 Å². The van der Waals surface area contributed by atoms with Gasteiger partial charge in [-0.05, 0) is 18.2 Å². The Morgan fingerprint density at radius 3 is 2.60 bits per heavy atom. The zero-order valence-electron chi connectivity index (χ0n) is 11.4. The van der Waals surface area contributed by atoms with E-state index in [1.807, 2.05) is 0 Å². The van der Waals surface area contributed by atoms with Crippen molar-refractivity contribution in [1.29, 1.82) is 0 Å². The number of sulfonamides is 1. The molecule has 0 aliphatic rings. The van der Waals surface area contributed by atoms with Gasteiger partial charge in [0, 0.05) is 25.7 Å². The van der Waals surface area contributed by atoms with E-state index in [-0.39, 0.29) is 30.1 Å². The molecule has 0 saturated heterocycles. The first-order valence-electron chi connectivity index (χ1n) is 6.06. The summed E-state index contributed by atoms with van der Waals surface area (Å²) in [7, 11) is -2.43. The first-order chi connectivity index (χ1) is 9.36. The van der Waals surface area contributed by atoms with Crippen molar-refractivity contribution >= 4 is 15.9 Å².